The number of Topliss-reactive ketones (excluding diaryl/α,β-unsaturated/α-hetero) is 1. The van der Waals surface area contributed by atoms with Crippen molar-refractivity contribution in [2.45, 2.75) is 110 Å². The molecule has 0 aromatic heterocycles. The van der Waals surface area contributed by atoms with Crippen LogP contribution in [0.3, 0.4) is 0 Å². The first-order valence-electron chi connectivity index (χ1n) is 13.9. The first-order valence-corrected chi connectivity index (χ1v) is 13.9. The molecule has 2 aromatic carbocycles. The van der Waals surface area contributed by atoms with Crippen molar-refractivity contribution in [1.82, 2.24) is 0 Å². The Kier molecular flexibility index (Phi) is 10.6. The van der Waals surface area contributed by atoms with Crippen molar-refractivity contribution >= 4 is 5.78 Å². The molecule has 0 unspecified atom stereocenters. The largest absolute Gasteiger partial charge is 0.489 e. The first-order chi connectivity index (χ1) is 16.9. The Morgan fingerprint density at radius 1 is 1.00 bits per heavy atom. The molecule has 0 radical (unpaired) electrons. The van der Waals surface area contributed by atoms with Gasteiger partial charge in [-0.05, 0) is 65.7 Å². The van der Waals surface area contributed by atoms with Gasteiger partial charge in [-0.25, -0.2) is 0 Å². The van der Waals surface area contributed by atoms with Gasteiger partial charge in [-0.15, -0.1) is 0 Å². The maximum atomic E-state index is 12.6. The monoisotopic (exact) mass is 474 g/mol. The number of ketones is 1. The van der Waals surface area contributed by atoms with Crippen LogP contribution in [0.2, 0.25) is 0 Å². The van der Waals surface area contributed by atoms with Gasteiger partial charge in [-0.1, -0.05) is 108 Å². The van der Waals surface area contributed by atoms with E-state index in [4.69, 9.17) is 4.74 Å². The highest BCUT2D eigenvalue weighted by atomic mass is 16.5. The Balaban J connectivity index is 1.90. The summed E-state index contributed by atoms with van der Waals surface area (Å²) < 4.78 is 6.54. The third-order valence-electron chi connectivity index (χ3n) is 7.74. The number of allylic oxidation sites excluding steroid dienone is 2. The quantitative estimate of drug-likeness (QED) is 0.213. The standard InChI is InChI=1S/C33H46O2/c1-5-7-9-14-22-33(3,4)28-19-21-30(32(23-28)35-25-26-15-12-10-13-16-26)31-24-29(34)20-18-27(31)17-11-8-6-2/h8,10-13,15-16,19,21,23,27,31H,5-7,9,14,17-18,20,22,24-25H2,1-4H3/t27-,31-/m1/s1. The second-order valence-corrected chi connectivity index (χ2v) is 11.0. The van der Waals surface area contributed by atoms with Gasteiger partial charge in [0.15, 0.2) is 0 Å². The van der Waals surface area contributed by atoms with E-state index in [-0.39, 0.29) is 11.3 Å². The molecule has 2 aromatic rings. The van der Waals surface area contributed by atoms with Crippen LogP contribution in [-0.4, -0.2) is 5.78 Å². The fourth-order valence-corrected chi connectivity index (χ4v) is 5.41. The van der Waals surface area contributed by atoms with Crippen molar-refractivity contribution in [3.05, 3.63) is 77.4 Å². The molecule has 2 atom stereocenters. The second kappa shape index (κ2) is 13.7. The zero-order valence-electron chi connectivity index (χ0n) is 22.5. The zero-order chi connectivity index (χ0) is 25.1. The van der Waals surface area contributed by atoms with Crippen molar-refractivity contribution in [1.29, 1.82) is 0 Å². The van der Waals surface area contributed by atoms with E-state index in [9.17, 15) is 4.79 Å². The molecule has 0 aliphatic heterocycles. The van der Waals surface area contributed by atoms with Gasteiger partial charge in [-0.3, -0.25) is 4.79 Å². The van der Waals surface area contributed by atoms with Crippen molar-refractivity contribution < 1.29 is 9.53 Å². The summed E-state index contributed by atoms with van der Waals surface area (Å²) in [6, 6.07) is 17.3. The van der Waals surface area contributed by atoms with Crippen molar-refractivity contribution in [2.75, 3.05) is 0 Å². The summed E-state index contributed by atoms with van der Waals surface area (Å²) >= 11 is 0. The maximum Gasteiger partial charge on any atom is 0.133 e. The van der Waals surface area contributed by atoms with Gasteiger partial charge in [0, 0.05) is 12.8 Å². The molecule has 0 bridgehead atoms. The summed E-state index contributed by atoms with van der Waals surface area (Å²) in [6.45, 7) is 9.71. The Labute approximate surface area is 214 Å². The minimum Gasteiger partial charge on any atom is -0.489 e. The summed E-state index contributed by atoms with van der Waals surface area (Å²) in [6.07, 6.45) is 15.3. The predicted molar refractivity (Wildman–Crippen MR) is 148 cm³/mol. The van der Waals surface area contributed by atoms with Crippen LogP contribution >= 0.6 is 0 Å². The molecule has 1 fully saturated rings. The Bertz CT molecular complexity index is 941. The zero-order valence-corrected chi connectivity index (χ0v) is 22.5. The molecular weight excluding hydrogens is 428 g/mol. The van der Waals surface area contributed by atoms with Crippen LogP contribution in [0.1, 0.15) is 115 Å². The van der Waals surface area contributed by atoms with Crippen LogP contribution in [-0.2, 0) is 16.8 Å². The van der Waals surface area contributed by atoms with E-state index >= 15 is 0 Å². The van der Waals surface area contributed by atoms with Crippen molar-refractivity contribution in [3.8, 4) is 5.75 Å². The van der Waals surface area contributed by atoms with Crippen LogP contribution in [0.15, 0.2) is 60.7 Å². The molecule has 0 saturated heterocycles. The van der Waals surface area contributed by atoms with Crippen molar-refractivity contribution in [3.63, 3.8) is 0 Å². The molecule has 190 valence electrons. The molecule has 0 spiro atoms. The topological polar surface area (TPSA) is 26.3 Å². The van der Waals surface area contributed by atoms with Gasteiger partial charge in [0.25, 0.3) is 0 Å². The predicted octanol–water partition coefficient (Wildman–Crippen LogP) is 9.32. The van der Waals surface area contributed by atoms with E-state index in [1.54, 1.807) is 0 Å². The smallest absolute Gasteiger partial charge is 0.133 e. The molecular formula is C33H46O2. The van der Waals surface area contributed by atoms with Gasteiger partial charge in [-0.2, -0.15) is 0 Å². The van der Waals surface area contributed by atoms with Crippen LogP contribution in [0, 0.1) is 5.92 Å². The Hall–Kier alpha value is -2.35. The second-order valence-electron chi connectivity index (χ2n) is 11.0. The molecule has 35 heavy (non-hydrogen) atoms. The van der Waals surface area contributed by atoms with Crippen LogP contribution < -0.4 is 4.74 Å². The number of carbonyl (C=O) groups excluding carboxylic acids is 1. The fourth-order valence-electron chi connectivity index (χ4n) is 5.41. The van der Waals surface area contributed by atoms with Crippen LogP contribution in [0.4, 0.5) is 0 Å². The fraction of sp³-hybridized carbons (Fsp3) is 0.545. The van der Waals surface area contributed by atoms with E-state index < -0.39 is 0 Å². The first kappa shape index (κ1) is 27.2. The molecule has 1 saturated carbocycles. The molecule has 2 heteroatoms. The SMILES string of the molecule is CCC=CC[C@@H]1CCC(=O)C[C@H]1c1ccc(C(C)(C)CCCCCC)cc1OCc1ccccc1. The normalized spacial score (nSPS) is 18.8. The number of unbranched alkanes of at least 4 members (excludes halogenated alkanes) is 3. The highest BCUT2D eigenvalue weighted by Crippen LogP contribution is 2.44. The number of benzene rings is 2. The van der Waals surface area contributed by atoms with E-state index in [1.165, 1.54) is 48.8 Å². The van der Waals surface area contributed by atoms with Crippen LogP contribution in [0.25, 0.3) is 0 Å². The number of hydrogen-bond acceptors (Lipinski definition) is 2. The lowest BCUT2D eigenvalue weighted by Crippen LogP contribution is -2.24. The van der Waals surface area contributed by atoms with Gasteiger partial charge in [0.05, 0.1) is 0 Å². The maximum absolute atomic E-state index is 12.6. The Morgan fingerprint density at radius 3 is 2.54 bits per heavy atom. The third kappa shape index (κ3) is 8.09. The molecule has 1 aliphatic carbocycles. The van der Waals surface area contributed by atoms with E-state index in [0.29, 0.717) is 31.1 Å². The van der Waals surface area contributed by atoms with Gasteiger partial charge in [0.1, 0.15) is 18.1 Å². The van der Waals surface area contributed by atoms with Crippen molar-refractivity contribution in [2.24, 2.45) is 5.92 Å². The van der Waals surface area contributed by atoms with Gasteiger partial charge >= 0.3 is 0 Å². The minimum absolute atomic E-state index is 0.1000. The van der Waals surface area contributed by atoms with Gasteiger partial charge in [0.2, 0.25) is 0 Å². The van der Waals surface area contributed by atoms with Crippen LogP contribution in [0.5, 0.6) is 5.75 Å². The summed E-state index contributed by atoms with van der Waals surface area (Å²) in [4.78, 5) is 12.6. The molecule has 1 aliphatic rings. The third-order valence-corrected chi connectivity index (χ3v) is 7.74. The molecule has 0 heterocycles. The lowest BCUT2D eigenvalue weighted by Gasteiger charge is -2.33. The molecule has 0 N–H and O–H groups in total. The van der Waals surface area contributed by atoms with E-state index in [1.807, 2.05) is 6.07 Å². The average Bonchev–Trinajstić information content (AvgIpc) is 2.87. The highest BCUT2D eigenvalue weighted by molar-refractivity contribution is 5.80. The number of rotatable bonds is 13. The molecule has 0 amide bonds. The Morgan fingerprint density at radius 2 is 1.80 bits per heavy atom. The lowest BCUT2D eigenvalue weighted by molar-refractivity contribution is -0.121. The number of ether oxygens (including phenoxy) is 1. The summed E-state index contributed by atoms with van der Waals surface area (Å²) in [5.74, 6) is 2.07. The van der Waals surface area contributed by atoms with E-state index in [2.05, 4.69) is 82.3 Å². The highest BCUT2D eigenvalue weighted by Gasteiger charge is 2.32. The van der Waals surface area contributed by atoms with Gasteiger partial charge < -0.3 is 4.74 Å². The molecule has 3 rings (SSSR count). The number of hydrogen-bond donors (Lipinski definition) is 0. The summed E-state index contributed by atoms with van der Waals surface area (Å²) in [5.41, 5.74) is 3.83. The average molecular weight is 475 g/mol. The molecule has 2 nitrogen and oxygen atoms in total. The minimum atomic E-state index is 0.1000. The number of carbonyl (C=O) groups is 1. The lowest BCUT2D eigenvalue weighted by atomic mass is 9.72. The summed E-state index contributed by atoms with van der Waals surface area (Å²) in [7, 11) is 0. The summed E-state index contributed by atoms with van der Waals surface area (Å²) in [5, 5.41) is 0. The van der Waals surface area contributed by atoms with E-state index in [0.717, 1.165) is 25.0 Å².